The standard InChI is InChI=1S/C23H22N2O4/c1-15-19(22(26)27)21(18-11-6-12-24-14-18)20(16(2)25-15)23(28)29-13-7-10-17-8-4-3-5-9-17/h3-12,14,21,25H,13H2,1-2H3,(H,26,27)/b10-7+. The molecule has 6 heteroatoms. The van der Waals surface area contributed by atoms with E-state index in [4.69, 9.17) is 4.74 Å². The van der Waals surface area contributed by atoms with Crippen molar-refractivity contribution in [3.8, 4) is 0 Å². The van der Waals surface area contributed by atoms with E-state index >= 15 is 0 Å². The number of benzene rings is 1. The first-order valence-corrected chi connectivity index (χ1v) is 9.19. The van der Waals surface area contributed by atoms with E-state index < -0.39 is 17.9 Å². The zero-order chi connectivity index (χ0) is 20.8. The number of pyridine rings is 1. The summed E-state index contributed by atoms with van der Waals surface area (Å²) in [6, 6.07) is 13.1. The molecule has 29 heavy (non-hydrogen) atoms. The van der Waals surface area contributed by atoms with E-state index in [1.54, 1.807) is 44.4 Å². The highest BCUT2D eigenvalue weighted by Crippen LogP contribution is 2.38. The van der Waals surface area contributed by atoms with Gasteiger partial charge in [0.1, 0.15) is 6.61 Å². The zero-order valence-corrected chi connectivity index (χ0v) is 16.3. The lowest BCUT2D eigenvalue weighted by atomic mass is 9.81. The minimum atomic E-state index is -1.09. The number of esters is 1. The van der Waals surface area contributed by atoms with Crippen LogP contribution in [0.25, 0.3) is 6.08 Å². The predicted molar refractivity (Wildman–Crippen MR) is 110 cm³/mol. The highest BCUT2D eigenvalue weighted by atomic mass is 16.5. The largest absolute Gasteiger partial charge is 0.478 e. The molecule has 2 heterocycles. The summed E-state index contributed by atoms with van der Waals surface area (Å²) in [6.07, 6.45) is 6.78. The second kappa shape index (κ2) is 9.01. The number of hydrogen-bond donors (Lipinski definition) is 2. The fourth-order valence-electron chi connectivity index (χ4n) is 3.38. The zero-order valence-electron chi connectivity index (χ0n) is 16.3. The summed E-state index contributed by atoms with van der Waals surface area (Å²) in [4.78, 5) is 28.9. The van der Waals surface area contributed by atoms with Crippen LogP contribution in [-0.2, 0) is 14.3 Å². The average molecular weight is 390 g/mol. The number of dihydropyridines is 1. The molecular formula is C23H22N2O4. The topological polar surface area (TPSA) is 88.5 Å². The van der Waals surface area contributed by atoms with E-state index in [1.807, 2.05) is 36.4 Å². The summed E-state index contributed by atoms with van der Waals surface area (Å²) in [5, 5.41) is 12.8. The summed E-state index contributed by atoms with van der Waals surface area (Å²) in [5.41, 5.74) is 3.06. The van der Waals surface area contributed by atoms with E-state index in [1.165, 1.54) is 0 Å². The molecule has 2 N–H and O–H groups in total. The number of carboxylic acid groups (broad SMARTS) is 1. The second-order valence-corrected chi connectivity index (χ2v) is 6.64. The van der Waals surface area contributed by atoms with Gasteiger partial charge in [-0.3, -0.25) is 4.98 Å². The Hall–Kier alpha value is -3.67. The van der Waals surface area contributed by atoms with Crippen LogP contribution in [0.2, 0.25) is 0 Å². The molecular weight excluding hydrogens is 368 g/mol. The molecule has 1 aliphatic rings. The van der Waals surface area contributed by atoms with E-state index in [0.717, 1.165) is 5.56 Å². The molecule has 148 valence electrons. The maximum Gasteiger partial charge on any atom is 0.337 e. The van der Waals surface area contributed by atoms with Crippen molar-refractivity contribution in [1.82, 2.24) is 10.3 Å². The fourth-order valence-corrected chi connectivity index (χ4v) is 3.38. The maximum absolute atomic E-state index is 12.9. The third-order valence-electron chi connectivity index (χ3n) is 4.65. The van der Waals surface area contributed by atoms with Gasteiger partial charge >= 0.3 is 11.9 Å². The lowest BCUT2D eigenvalue weighted by Crippen LogP contribution is -2.31. The van der Waals surface area contributed by atoms with Crippen LogP contribution in [0.1, 0.15) is 30.9 Å². The van der Waals surface area contributed by atoms with Crippen LogP contribution in [0.3, 0.4) is 0 Å². The van der Waals surface area contributed by atoms with Gasteiger partial charge in [0, 0.05) is 23.8 Å². The van der Waals surface area contributed by atoms with E-state index in [2.05, 4.69) is 10.3 Å². The first-order valence-electron chi connectivity index (χ1n) is 9.19. The smallest absolute Gasteiger partial charge is 0.337 e. The average Bonchev–Trinajstić information content (AvgIpc) is 2.71. The molecule has 0 bridgehead atoms. The van der Waals surface area contributed by atoms with Crippen molar-refractivity contribution >= 4 is 18.0 Å². The number of carbonyl (C=O) groups is 2. The Morgan fingerprint density at radius 1 is 1.10 bits per heavy atom. The third kappa shape index (κ3) is 4.60. The van der Waals surface area contributed by atoms with Crippen molar-refractivity contribution in [2.24, 2.45) is 0 Å². The van der Waals surface area contributed by atoms with Gasteiger partial charge in [0.2, 0.25) is 0 Å². The molecule has 1 aromatic heterocycles. The number of aromatic nitrogens is 1. The monoisotopic (exact) mass is 390 g/mol. The molecule has 0 saturated heterocycles. The number of carbonyl (C=O) groups excluding carboxylic acids is 1. The van der Waals surface area contributed by atoms with Gasteiger partial charge in [0.15, 0.2) is 0 Å². The number of ether oxygens (including phenoxy) is 1. The Balaban J connectivity index is 1.85. The highest BCUT2D eigenvalue weighted by Gasteiger charge is 2.37. The van der Waals surface area contributed by atoms with Crippen LogP contribution in [0.5, 0.6) is 0 Å². The van der Waals surface area contributed by atoms with Gasteiger partial charge in [-0.05, 0) is 37.1 Å². The molecule has 1 unspecified atom stereocenters. The Morgan fingerprint density at radius 2 is 1.83 bits per heavy atom. The quantitative estimate of drug-likeness (QED) is 0.732. The number of aliphatic carboxylic acids is 1. The number of rotatable bonds is 6. The molecule has 0 radical (unpaired) electrons. The molecule has 1 aliphatic heterocycles. The van der Waals surface area contributed by atoms with Crippen molar-refractivity contribution in [1.29, 1.82) is 0 Å². The van der Waals surface area contributed by atoms with Gasteiger partial charge in [0.25, 0.3) is 0 Å². The number of carboxylic acids is 1. The first kappa shape index (κ1) is 20.1. The van der Waals surface area contributed by atoms with Crippen LogP contribution in [0.15, 0.2) is 83.5 Å². The Morgan fingerprint density at radius 3 is 2.48 bits per heavy atom. The fraction of sp³-hybridized carbons (Fsp3) is 0.174. The molecule has 0 spiro atoms. The van der Waals surface area contributed by atoms with Crippen LogP contribution >= 0.6 is 0 Å². The van der Waals surface area contributed by atoms with Gasteiger partial charge in [-0.15, -0.1) is 0 Å². The molecule has 6 nitrogen and oxygen atoms in total. The van der Waals surface area contributed by atoms with Crippen molar-refractivity contribution in [2.75, 3.05) is 6.61 Å². The molecule has 1 aromatic carbocycles. The van der Waals surface area contributed by atoms with Crippen LogP contribution in [0, 0.1) is 0 Å². The van der Waals surface area contributed by atoms with Crippen molar-refractivity contribution in [2.45, 2.75) is 19.8 Å². The predicted octanol–water partition coefficient (Wildman–Crippen LogP) is 3.66. The number of hydrogen-bond acceptors (Lipinski definition) is 5. The third-order valence-corrected chi connectivity index (χ3v) is 4.65. The Bertz CT molecular complexity index is 992. The summed E-state index contributed by atoms with van der Waals surface area (Å²) in [5.74, 6) is -2.41. The number of nitrogens with one attached hydrogen (secondary N) is 1. The van der Waals surface area contributed by atoms with Crippen LogP contribution < -0.4 is 5.32 Å². The van der Waals surface area contributed by atoms with Crippen molar-refractivity contribution in [3.05, 3.63) is 94.6 Å². The summed E-state index contributed by atoms with van der Waals surface area (Å²) in [7, 11) is 0. The normalized spacial score (nSPS) is 16.7. The van der Waals surface area contributed by atoms with Crippen LogP contribution in [0.4, 0.5) is 0 Å². The number of allylic oxidation sites excluding steroid dienone is 2. The Kier molecular flexibility index (Phi) is 6.24. The summed E-state index contributed by atoms with van der Waals surface area (Å²) >= 11 is 0. The lowest BCUT2D eigenvalue weighted by Gasteiger charge is -2.29. The van der Waals surface area contributed by atoms with E-state index in [0.29, 0.717) is 17.0 Å². The molecule has 0 amide bonds. The van der Waals surface area contributed by atoms with Gasteiger partial charge in [-0.25, -0.2) is 9.59 Å². The molecule has 3 rings (SSSR count). The molecule has 2 aromatic rings. The van der Waals surface area contributed by atoms with Gasteiger partial charge < -0.3 is 15.2 Å². The van der Waals surface area contributed by atoms with Gasteiger partial charge in [-0.1, -0.05) is 42.5 Å². The molecule has 0 aliphatic carbocycles. The Labute approximate surface area is 169 Å². The van der Waals surface area contributed by atoms with Crippen molar-refractivity contribution in [3.63, 3.8) is 0 Å². The van der Waals surface area contributed by atoms with Crippen molar-refractivity contribution < 1.29 is 19.4 Å². The van der Waals surface area contributed by atoms with E-state index in [9.17, 15) is 14.7 Å². The summed E-state index contributed by atoms with van der Waals surface area (Å²) < 4.78 is 5.43. The van der Waals surface area contributed by atoms with Gasteiger partial charge in [-0.2, -0.15) is 0 Å². The number of nitrogens with zero attached hydrogens (tertiary/aromatic N) is 1. The minimum Gasteiger partial charge on any atom is -0.478 e. The highest BCUT2D eigenvalue weighted by molar-refractivity contribution is 5.99. The SMILES string of the molecule is CC1=C(C(=O)O)C(c2cccnc2)C(C(=O)OC/C=C/c2ccccc2)=C(C)N1. The molecule has 0 saturated carbocycles. The minimum absolute atomic E-state index is 0.0787. The van der Waals surface area contributed by atoms with Crippen LogP contribution in [-0.4, -0.2) is 28.6 Å². The van der Waals surface area contributed by atoms with E-state index in [-0.39, 0.29) is 17.8 Å². The second-order valence-electron chi connectivity index (χ2n) is 6.64. The lowest BCUT2D eigenvalue weighted by molar-refractivity contribution is -0.138. The summed E-state index contributed by atoms with van der Waals surface area (Å²) in [6.45, 7) is 3.50. The molecule has 1 atom stereocenters. The molecule has 0 fully saturated rings. The first-order chi connectivity index (χ1) is 14.0. The van der Waals surface area contributed by atoms with Gasteiger partial charge in [0.05, 0.1) is 17.1 Å². The maximum atomic E-state index is 12.9.